The number of amides is 1. The molecule has 1 aromatic heterocycles. The number of nitrogens with one attached hydrogen (secondary N) is 1. The first-order chi connectivity index (χ1) is 23.6. The lowest BCUT2D eigenvalue weighted by atomic mass is 9.94. The van der Waals surface area contributed by atoms with Gasteiger partial charge < -0.3 is 33.8 Å². The number of rotatable bonds is 14. The third kappa shape index (κ3) is 9.48. The predicted octanol–water partition coefficient (Wildman–Crippen LogP) is 4.78. The number of primary sulfonamides is 1. The van der Waals surface area contributed by atoms with Crippen LogP contribution in [0.15, 0.2) is 58.0 Å². The number of morpholine rings is 1. The fraction of sp³-hybridized carbons (Fsp3) is 0.406. The van der Waals surface area contributed by atoms with Gasteiger partial charge in [0.1, 0.15) is 22.3 Å². The molecule has 1 aliphatic heterocycles. The second-order valence-electron chi connectivity index (χ2n) is 11.4. The highest BCUT2D eigenvalue weighted by atomic mass is 35.5. The fourth-order valence-electron chi connectivity index (χ4n) is 5.20. The number of nitrogens with zero attached hydrogens (tertiary/aromatic N) is 1. The number of nitrogens with two attached hydrogens (primary N) is 1. The van der Waals surface area contributed by atoms with E-state index in [4.69, 9.17) is 40.1 Å². The van der Waals surface area contributed by atoms with Crippen LogP contribution in [0, 0.1) is 11.6 Å². The molecule has 2 aromatic carbocycles. The summed E-state index contributed by atoms with van der Waals surface area (Å²) in [5.74, 6) is -5.17. The summed E-state index contributed by atoms with van der Waals surface area (Å²) < 4.78 is 77.9. The lowest BCUT2D eigenvalue weighted by Gasteiger charge is -2.47. The van der Waals surface area contributed by atoms with Gasteiger partial charge in [-0.15, -0.1) is 0 Å². The van der Waals surface area contributed by atoms with E-state index < -0.39 is 69.2 Å². The van der Waals surface area contributed by atoms with Crippen LogP contribution in [0.2, 0.25) is 5.02 Å². The number of aliphatic hydroxyl groups is 1. The number of esters is 2. The summed E-state index contributed by atoms with van der Waals surface area (Å²) >= 11 is 6.10. The zero-order valence-corrected chi connectivity index (χ0v) is 28.6. The maximum atomic E-state index is 14.5. The number of furan rings is 1. The molecule has 3 aromatic rings. The average Bonchev–Trinajstić information content (AvgIpc) is 3.57. The summed E-state index contributed by atoms with van der Waals surface area (Å²) in [5.41, 5.74) is -0.278. The number of hydrogen-bond donors (Lipinski definition) is 3. The molecule has 1 saturated heterocycles. The number of unbranched alkanes of at least 4 members (excludes halogenated alkanes) is 2. The Bertz CT molecular complexity index is 1800. The highest BCUT2D eigenvalue weighted by molar-refractivity contribution is 7.89. The summed E-state index contributed by atoms with van der Waals surface area (Å²) in [4.78, 5) is 38.6. The Balaban J connectivity index is 1.20. The number of benzene rings is 2. The van der Waals surface area contributed by atoms with Gasteiger partial charge in [0, 0.05) is 18.1 Å². The predicted molar refractivity (Wildman–Crippen MR) is 172 cm³/mol. The minimum Gasteiger partial charge on any atom is -0.467 e. The number of halogens is 3. The first kappa shape index (κ1) is 38.5. The van der Waals surface area contributed by atoms with Crippen molar-refractivity contribution in [2.75, 3.05) is 25.3 Å². The molecule has 0 radical (unpaired) electrons. The number of anilines is 1. The molecule has 3 unspecified atom stereocenters. The van der Waals surface area contributed by atoms with Gasteiger partial charge in [-0.25, -0.2) is 31.9 Å². The molecule has 50 heavy (non-hydrogen) atoms. The van der Waals surface area contributed by atoms with E-state index in [-0.39, 0.29) is 48.0 Å². The van der Waals surface area contributed by atoms with E-state index in [0.717, 1.165) is 23.1 Å². The van der Waals surface area contributed by atoms with Crippen molar-refractivity contribution in [2.45, 2.75) is 68.8 Å². The zero-order valence-electron chi connectivity index (χ0n) is 27.0. The quantitative estimate of drug-likeness (QED) is 0.116. The largest absolute Gasteiger partial charge is 0.467 e. The molecule has 0 bridgehead atoms. The maximum Gasteiger partial charge on any atom is 0.413 e. The topological polar surface area (TPSA) is 197 Å². The standard InChI is InChI=1S/C32H36ClF2N3O11S/c1-19-17-49-32(42,24-10-9-21(34)13-26(24)35)20(2)38(19)31(41)48-18-47-29(39)8-4-3-5-11-46-30(40)23-14-28(50(36,43)44)25(33)15-27(23)37-16-22-7-6-12-45-22/h6-7,9-10,12-15,19-20,37,42H,3-5,8,11,16-18H2,1-2H3,(H2,36,43,44). The second kappa shape index (κ2) is 16.6. The highest BCUT2D eigenvalue weighted by Crippen LogP contribution is 2.37. The smallest absolute Gasteiger partial charge is 0.413 e. The van der Waals surface area contributed by atoms with Gasteiger partial charge in [0.15, 0.2) is 0 Å². The van der Waals surface area contributed by atoms with Crippen molar-refractivity contribution < 1.29 is 60.1 Å². The SMILES string of the molecule is CC1COC(O)(c2ccc(F)cc2F)C(C)N1C(=O)OCOC(=O)CCCCCOC(=O)c1cc(S(N)(=O)=O)c(Cl)cc1NCc1ccco1. The minimum atomic E-state index is -4.24. The maximum absolute atomic E-state index is 14.5. The van der Waals surface area contributed by atoms with E-state index in [9.17, 15) is 36.7 Å². The van der Waals surface area contributed by atoms with E-state index in [1.807, 2.05) is 0 Å². The number of sulfonamides is 1. The zero-order chi connectivity index (χ0) is 36.6. The number of carbonyl (C=O) groups is 3. The number of carbonyl (C=O) groups excluding carboxylic acids is 3. The highest BCUT2D eigenvalue weighted by Gasteiger charge is 2.50. The van der Waals surface area contributed by atoms with Crippen LogP contribution in [0.1, 0.15) is 61.2 Å². The third-order valence-corrected chi connectivity index (χ3v) is 9.20. The van der Waals surface area contributed by atoms with Gasteiger partial charge in [0.05, 0.1) is 54.4 Å². The van der Waals surface area contributed by atoms with Gasteiger partial charge in [-0.3, -0.25) is 9.69 Å². The molecular weight excluding hydrogens is 708 g/mol. The Labute approximate surface area is 291 Å². The van der Waals surface area contributed by atoms with Crippen LogP contribution in [0.25, 0.3) is 0 Å². The van der Waals surface area contributed by atoms with Crippen molar-refractivity contribution in [1.29, 1.82) is 0 Å². The lowest BCUT2D eigenvalue weighted by molar-refractivity contribution is -0.281. The molecule has 0 aliphatic carbocycles. The summed E-state index contributed by atoms with van der Waals surface area (Å²) in [6.07, 6.45) is 1.59. The average molecular weight is 744 g/mol. The molecule has 18 heteroatoms. The van der Waals surface area contributed by atoms with Crippen molar-refractivity contribution >= 4 is 45.3 Å². The van der Waals surface area contributed by atoms with Crippen LogP contribution in [0.4, 0.5) is 19.3 Å². The van der Waals surface area contributed by atoms with Crippen molar-refractivity contribution in [2.24, 2.45) is 5.14 Å². The van der Waals surface area contributed by atoms with Crippen LogP contribution in [0.3, 0.4) is 0 Å². The number of hydrogen-bond acceptors (Lipinski definition) is 12. The third-order valence-electron chi connectivity index (χ3n) is 7.82. The Morgan fingerprint density at radius 1 is 1.10 bits per heavy atom. The molecule has 4 rings (SSSR count). The summed E-state index contributed by atoms with van der Waals surface area (Å²) in [6.45, 7) is 2.20. The van der Waals surface area contributed by atoms with E-state index in [2.05, 4.69) is 5.32 Å². The molecular formula is C32H36ClF2N3O11S. The fourth-order valence-corrected chi connectivity index (χ4v) is 6.30. The molecule has 4 N–H and O–H groups in total. The Kier molecular flexibility index (Phi) is 12.8. The van der Waals surface area contributed by atoms with E-state index in [1.54, 1.807) is 19.1 Å². The van der Waals surface area contributed by atoms with Crippen molar-refractivity contribution in [3.8, 4) is 0 Å². The molecule has 3 atom stereocenters. The van der Waals surface area contributed by atoms with Crippen LogP contribution in [-0.4, -0.2) is 68.5 Å². The van der Waals surface area contributed by atoms with Gasteiger partial charge in [0.25, 0.3) is 0 Å². The number of ether oxygens (including phenoxy) is 4. The molecule has 2 heterocycles. The Morgan fingerprint density at radius 3 is 2.54 bits per heavy atom. The van der Waals surface area contributed by atoms with E-state index in [1.165, 1.54) is 19.3 Å². The molecule has 0 spiro atoms. The monoisotopic (exact) mass is 743 g/mol. The van der Waals surface area contributed by atoms with Crippen molar-refractivity contribution in [1.82, 2.24) is 4.90 Å². The summed E-state index contributed by atoms with van der Waals surface area (Å²) in [6, 6.07) is 6.45. The molecule has 1 aliphatic rings. The van der Waals surface area contributed by atoms with Crippen molar-refractivity contribution in [3.05, 3.63) is 82.3 Å². The first-order valence-electron chi connectivity index (χ1n) is 15.3. The normalized spacial score (nSPS) is 19.1. The van der Waals surface area contributed by atoms with Crippen LogP contribution >= 0.6 is 11.6 Å². The van der Waals surface area contributed by atoms with Gasteiger partial charge in [-0.2, -0.15) is 0 Å². The molecule has 1 amide bonds. The summed E-state index contributed by atoms with van der Waals surface area (Å²) in [5, 5.41) is 19.1. The molecule has 272 valence electrons. The van der Waals surface area contributed by atoms with Gasteiger partial charge in [0.2, 0.25) is 22.6 Å². The first-order valence-corrected chi connectivity index (χ1v) is 17.3. The van der Waals surface area contributed by atoms with Crippen molar-refractivity contribution in [3.63, 3.8) is 0 Å². The molecule has 1 fully saturated rings. The molecule has 14 nitrogen and oxygen atoms in total. The van der Waals surface area contributed by atoms with Crippen LogP contribution in [-0.2, 0) is 46.1 Å². The summed E-state index contributed by atoms with van der Waals surface area (Å²) in [7, 11) is -4.24. The van der Waals surface area contributed by atoms with Gasteiger partial charge >= 0.3 is 18.0 Å². The van der Waals surface area contributed by atoms with Crippen LogP contribution in [0.5, 0.6) is 0 Å². The Hall–Kier alpha value is -4.29. The minimum absolute atomic E-state index is 0.0464. The van der Waals surface area contributed by atoms with E-state index >= 15 is 0 Å². The Morgan fingerprint density at radius 2 is 1.86 bits per heavy atom. The van der Waals surface area contributed by atoms with E-state index in [0.29, 0.717) is 31.1 Å². The second-order valence-corrected chi connectivity index (χ2v) is 13.3. The van der Waals surface area contributed by atoms with Gasteiger partial charge in [-0.05, 0) is 69.5 Å². The lowest BCUT2D eigenvalue weighted by Crippen LogP contribution is -2.62. The van der Waals surface area contributed by atoms with Gasteiger partial charge in [-0.1, -0.05) is 11.6 Å². The van der Waals surface area contributed by atoms with Crippen LogP contribution < -0.4 is 10.5 Å². The molecule has 0 saturated carbocycles.